The van der Waals surface area contributed by atoms with E-state index in [1.165, 1.54) is 70.3 Å². The largest absolute Gasteiger partial charge is 0.394 e. The number of rotatable bonds is 15. The fraction of sp³-hybridized carbons (Fsp3) is 0.833. The SMILES string of the molecule is CCCCCCCCCCCCCC=CC(=O)C(N)CO. The highest BCUT2D eigenvalue weighted by Crippen LogP contribution is 2.11. The number of carbonyl (C=O) groups excluding carboxylic acids is 1. The Bertz CT molecular complexity index is 264. The molecule has 1 unspecified atom stereocenters. The first-order valence-electron chi connectivity index (χ1n) is 8.79. The summed E-state index contributed by atoms with van der Waals surface area (Å²) in [6.45, 7) is 1.98. The van der Waals surface area contributed by atoms with Gasteiger partial charge in [-0.25, -0.2) is 0 Å². The fourth-order valence-corrected chi connectivity index (χ4v) is 2.34. The van der Waals surface area contributed by atoms with Gasteiger partial charge >= 0.3 is 0 Å². The van der Waals surface area contributed by atoms with Crippen molar-refractivity contribution in [1.82, 2.24) is 0 Å². The van der Waals surface area contributed by atoms with Gasteiger partial charge in [0.2, 0.25) is 0 Å². The summed E-state index contributed by atoms with van der Waals surface area (Å²) in [5, 5.41) is 8.73. The van der Waals surface area contributed by atoms with Gasteiger partial charge in [-0.15, -0.1) is 0 Å². The summed E-state index contributed by atoms with van der Waals surface area (Å²) in [5.74, 6) is -0.180. The molecule has 0 saturated heterocycles. The van der Waals surface area contributed by atoms with Crippen molar-refractivity contribution >= 4 is 5.78 Å². The van der Waals surface area contributed by atoms with Crippen LogP contribution in [0.5, 0.6) is 0 Å². The van der Waals surface area contributed by atoms with Crippen LogP contribution in [0, 0.1) is 0 Å². The van der Waals surface area contributed by atoms with Crippen molar-refractivity contribution in [2.75, 3.05) is 6.61 Å². The van der Waals surface area contributed by atoms with Gasteiger partial charge in [-0.05, 0) is 18.9 Å². The molecule has 0 radical (unpaired) electrons. The van der Waals surface area contributed by atoms with Gasteiger partial charge in [-0.3, -0.25) is 4.79 Å². The van der Waals surface area contributed by atoms with Gasteiger partial charge in [-0.1, -0.05) is 77.2 Å². The molecule has 3 N–H and O–H groups in total. The van der Waals surface area contributed by atoms with E-state index in [0.717, 1.165) is 12.8 Å². The summed E-state index contributed by atoms with van der Waals surface area (Å²) < 4.78 is 0. The Balaban J connectivity index is 3.22. The van der Waals surface area contributed by atoms with Crippen LogP contribution >= 0.6 is 0 Å². The molecule has 0 saturated carbocycles. The zero-order valence-electron chi connectivity index (χ0n) is 13.9. The quantitative estimate of drug-likeness (QED) is 0.353. The minimum Gasteiger partial charge on any atom is -0.394 e. The molecular weight excluding hydrogens is 262 g/mol. The minimum absolute atomic E-state index is 0.180. The van der Waals surface area contributed by atoms with E-state index in [9.17, 15) is 4.79 Å². The maximum atomic E-state index is 11.3. The van der Waals surface area contributed by atoms with Gasteiger partial charge < -0.3 is 10.8 Å². The van der Waals surface area contributed by atoms with Gasteiger partial charge in [-0.2, -0.15) is 0 Å². The summed E-state index contributed by atoms with van der Waals surface area (Å²) in [4.78, 5) is 11.3. The van der Waals surface area contributed by atoms with Crippen LogP contribution in [0.15, 0.2) is 12.2 Å². The van der Waals surface area contributed by atoms with E-state index in [4.69, 9.17) is 10.8 Å². The van der Waals surface area contributed by atoms with Crippen molar-refractivity contribution < 1.29 is 9.90 Å². The summed E-state index contributed by atoms with van der Waals surface area (Å²) in [5.41, 5.74) is 5.41. The molecular formula is C18H35NO2. The van der Waals surface area contributed by atoms with Crippen LogP contribution in [0.1, 0.15) is 84.0 Å². The van der Waals surface area contributed by atoms with E-state index in [1.807, 2.05) is 6.08 Å². The predicted octanol–water partition coefficient (Wildman–Crippen LogP) is 4.13. The van der Waals surface area contributed by atoms with Crippen molar-refractivity contribution in [2.24, 2.45) is 5.73 Å². The lowest BCUT2D eigenvalue weighted by atomic mass is 10.1. The highest BCUT2D eigenvalue weighted by atomic mass is 16.3. The van der Waals surface area contributed by atoms with Crippen molar-refractivity contribution in [2.45, 2.75) is 90.0 Å². The second-order valence-corrected chi connectivity index (χ2v) is 5.92. The molecule has 0 aromatic heterocycles. The summed E-state index contributed by atoms with van der Waals surface area (Å²) in [6.07, 6.45) is 19.0. The molecule has 0 spiro atoms. The highest BCUT2D eigenvalue weighted by molar-refractivity contribution is 5.94. The van der Waals surface area contributed by atoms with Crippen LogP contribution in [0.25, 0.3) is 0 Å². The van der Waals surface area contributed by atoms with Crippen molar-refractivity contribution in [3.63, 3.8) is 0 Å². The van der Waals surface area contributed by atoms with E-state index < -0.39 is 6.04 Å². The number of nitrogens with two attached hydrogens (primary N) is 1. The second-order valence-electron chi connectivity index (χ2n) is 5.92. The molecule has 21 heavy (non-hydrogen) atoms. The van der Waals surface area contributed by atoms with Gasteiger partial charge in [0.25, 0.3) is 0 Å². The number of ketones is 1. The summed E-state index contributed by atoms with van der Waals surface area (Å²) >= 11 is 0. The van der Waals surface area contributed by atoms with Crippen LogP contribution in [0.4, 0.5) is 0 Å². The molecule has 0 aliphatic rings. The normalized spacial score (nSPS) is 12.9. The van der Waals surface area contributed by atoms with Crippen molar-refractivity contribution in [1.29, 1.82) is 0 Å². The summed E-state index contributed by atoms with van der Waals surface area (Å²) in [6, 6.07) is -0.751. The number of allylic oxidation sites excluding steroid dienone is 1. The van der Waals surface area contributed by atoms with E-state index in [-0.39, 0.29) is 12.4 Å². The first kappa shape index (κ1) is 20.3. The molecule has 3 heteroatoms. The minimum atomic E-state index is -0.751. The third-order valence-corrected chi connectivity index (χ3v) is 3.82. The Kier molecular flexibility index (Phi) is 15.2. The second kappa shape index (κ2) is 15.7. The first-order valence-corrected chi connectivity index (χ1v) is 8.79. The lowest BCUT2D eigenvalue weighted by Crippen LogP contribution is -2.32. The van der Waals surface area contributed by atoms with E-state index in [2.05, 4.69) is 6.92 Å². The monoisotopic (exact) mass is 297 g/mol. The molecule has 0 aromatic carbocycles. The maximum absolute atomic E-state index is 11.3. The molecule has 0 bridgehead atoms. The zero-order chi connectivity index (χ0) is 15.8. The van der Waals surface area contributed by atoms with Gasteiger partial charge in [0.15, 0.2) is 5.78 Å². The Hall–Kier alpha value is -0.670. The first-order chi connectivity index (χ1) is 10.2. The van der Waals surface area contributed by atoms with Crippen LogP contribution in [-0.2, 0) is 4.79 Å². The molecule has 0 amide bonds. The zero-order valence-corrected chi connectivity index (χ0v) is 13.9. The molecule has 0 aliphatic heterocycles. The number of hydrogen-bond donors (Lipinski definition) is 2. The molecule has 3 nitrogen and oxygen atoms in total. The average molecular weight is 297 g/mol. The number of carbonyl (C=O) groups is 1. The highest BCUT2D eigenvalue weighted by Gasteiger charge is 2.06. The molecule has 0 rings (SSSR count). The number of aliphatic hydroxyl groups excluding tert-OH is 1. The smallest absolute Gasteiger partial charge is 0.174 e. The lowest BCUT2D eigenvalue weighted by Gasteiger charge is -2.02. The van der Waals surface area contributed by atoms with Crippen LogP contribution in [0.3, 0.4) is 0 Å². The molecule has 124 valence electrons. The fourth-order valence-electron chi connectivity index (χ4n) is 2.34. The third-order valence-electron chi connectivity index (χ3n) is 3.82. The van der Waals surface area contributed by atoms with Gasteiger partial charge in [0.05, 0.1) is 12.6 Å². The van der Waals surface area contributed by atoms with Crippen molar-refractivity contribution in [3.8, 4) is 0 Å². The molecule has 0 fully saturated rings. The van der Waals surface area contributed by atoms with Crippen LogP contribution < -0.4 is 5.73 Å². The van der Waals surface area contributed by atoms with E-state index in [1.54, 1.807) is 0 Å². The summed E-state index contributed by atoms with van der Waals surface area (Å²) in [7, 11) is 0. The Morgan fingerprint density at radius 3 is 1.90 bits per heavy atom. The van der Waals surface area contributed by atoms with E-state index in [0.29, 0.717) is 0 Å². The lowest BCUT2D eigenvalue weighted by molar-refractivity contribution is -0.116. The van der Waals surface area contributed by atoms with Gasteiger partial charge in [0.1, 0.15) is 0 Å². The number of aliphatic hydroxyl groups is 1. The molecule has 0 aliphatic carbocycles. The van der Waals surface area contributed by atoms with Crippen LogP contribution in [0.2, 0.25) is 0 Å². The Labute approximate surface area is 131 Å². The van der Waals surface area contributed by atoms with Crippen LogP contribution in [-0.4, -0.2) is 23.5 Å². The topological polar surface area (TPSA) is 63.3 Å². The predicted molar refractivity (Wildman–Crippen MR) is 90.3 cm³/mol. The molecule has 1 atom stereocenters. The number of unbranched alkanes of at least 4 members (excludes halogenated alkanes) is 11. The Morgan fingerprint density at radius 2 is 1.43 bits per heavy atom. The molecule has 0 aromatic rings. The van der Waals surface area contributed by atoms with E-state index >= 15 is 0 Å². The van der Waals surface area contributed by atoms with Crippen molar-refractivity contribution in [3.05, 3.63) is 12.2 Å². The average Bonchev–Trinajstić information content (AvgIpc) is 2.50. The number of hydrogen-bond acceptors (Lipinski definition) is 3. The van der Waals surface area contributed by atoms with Gasteiger partial charge in [0, 0.05) is 0 Å². The molecule has 0 heterocycles. The maximum Gasteiger partial charge on any atom is 0.174 e. The Morgan fingerprint density at radius 1 is 0.952 bits per heavy atom. The third kappa shape index (κ3) is 14.0. The standard InChI is InChI=1S/C18H35NO2/c1-2-3-4-5-6-7-8-9-10-11-12-13-14-15-18(21)17(19)16-20/h14-15,17,20H,2-13,16,19H2,1H3.